The van der Waals surface area contributed by atoms with Crippen LogP contribution >= 0.6 is 0 Å². The fourth-order valence-electron chi connectivity index (χ4n) is 4.28. The standard InChI is InChI=1S/C29H29NO6S/c1-7-35-29(32)27-21(6)36-25-13-12-23(16-24(25)27)30(28(31)22-10-8-17(2)9-11-22)37(33,34)26-15-19(4)18(3)14-20(26)5/h8-16H,7H2,1-6H3. The maximum absolute atomic E-state index is 14.2. The molecular formula is C29H29NO6S. The SMILES string of the molecule is CCOC(=O)c1c(C)oc2ccc(N(C(=O)c3ccc(C)cc3)S(=O)(=O)c3cc(C)c(C)cc3C)cc12. The zero-order valence-corrected chi connectivity index (χ0v) is 22.5. The number of rotatable bonds is 6. The molecule has 0 radical (unpaired) electrons. The number of fused-ring (bicyclic) bond motifs is 1. The molecule has 4 aromatic rings. The average molecular weight is 520 g/mol. The number of ether oxygens (including phenoxy) is 1. The molecule has 1 aromatic heterocycles. The Morgan fingerprint density at radius 3 is 2.16 bits per heavy atom. The third kappa shape index (κ3) is 4.76. The lowest BCUT2D eigenvalue weighted by Gasteiger charge is -2.24. The Bertz CT molecular complexity index is 1630. The van der Waals surface area contributed by atoms with Crippen LogP contribution in [-0.4, -0.2) is 26.9 Å². The molecule has 0 saturated carbocycles. The van der Waals surface area contributed by atoms with Crippen LogP contribution in [-0.2, 0) is 14.8 Å². The number of aryl methyl sites for hydroxylation is 5. The summed E-state index contributed by atoms with van der Waals surface area (Å²) in [7, 11) is -4.35. The molecule has 4 rings (SSSR count). The van der Waals surface area contributed by atoms with E-state index in [-0.39, 0.29) is 28.3 Å². The van der Waals surface area contributed by atoms with Crippen molar-refractivity contribution in [2.24, 2.45) is 0 Å². The molecule has 192 valence electrons. The molecule has 3 aromatic carbocycles. The van der Waals surface area contributed by atoms with E-state index in [2.05, 4.69) is 0 Å². The van der Waals surface area contributed by atoms with Gasteiger partial charge in [0.05, 0.1) is 17.2 Å². The van der Waals surface area contributed by atoms with Gasteiger partial charge in [-0.05, 0) is 94.6 Å². The van der Waals surface area contributed by atoms with Crippen molar-refractivity contribution in [1.29, 1.82) is 0 Å². The summed E-state index contributed by atoms with van der Waals surface area (Å²) in [5.41, 5.74) is 4.07. The second-order valence-corrected chi connectivity index (χ2v) is 10.8. The van der Waals surface area contributed by atoms with Crippen molar-refractivity contribution < 1.29 is 27.2 Å². The number of carbonyl (C=O) groups excluding carboxylic acids is 2. The molecule has 0 fully saturated rings. The van der Waals surface area contributed by atoms with Crippen molar-refractivity contribution in [2.45, 2.75) is 46.4 Å². The predicted octanol–water partition coefficient (Wildman–Crippen LogP) is 6.19. The minimum atomic E-state index is -4.35. The predicted molar refractivity (Wildman–Crippen MR) is 143 cm³/mol. The highest BCUT2D eigenvalue weighted by Crippen LogP contribution is 2.34. The fourth-order valence-corrected chi connectivity index (χ4v) is 5.98. The van der Waals surface area contributed by atoms with Gasteiger partial charge in [0.25, 0.3) is 15.9 Å². The summed E-state index contributed by atoms with van der Waals surface area (Å²) in [6, 6.07) is 14.6. The van der Waals surface area contributed by atoms with E-state index in [1.165, 1.54) is 12.1 Å². The number of sulfonamides is 1. The monoisotopic (exact) mass is 519 g/mol. The van der Waals surface area contributed by atoms with Crippen molar-refractivity contribution in [3.8, 4) is 0 Å². The summed E-state index contributed by atoms with van der Waals surface area (Å²) < 4.78 is 40.0. The number of benzene rings is 3. The van der Waals surface area contributed by atoms with Crippen LogP contribution in [0.5, 0.6) is 0 Å². The van der Waals surface area contributed by atoms with Crippen molar-refractivity contribution >= 4 is 38.6 Å². The minimum Gasteiger partial charge on any atom is -0.462 e. The highest BCUT2D eigenvalue weighted by molar-refractivity contribution is 7.93. The molecule has 1 heterocycles. The van der Waals surface area contributed by atoms with E-state index in [0.717, 1.165) is 21.0 Å². The Hall–Kier alpha value is -3.91. The Morgan fingerprint density at radius 1 is 0.865 bits per heavy atom. The molecule has 7 nitrogen and oxygen atoms in total. The Labute approximate surface area is 216 Å². The highest BCUT2D eigenvalue weighted by Gasteiger charge is 2.34. The van der Waals surface area contributed by atoms with E-state index in [4.69, 9.17) is 9.15 Å². The summed E-state index contributed by atoms with van der Waals surface area (Å²) in [6.45, 7) is 10.8. The number of anilines is 1. The maximum Gasteiger partial charge on any atom is 0.342 e. The number of esters is 1. The lowest BCUT2D eigenvalue weighted by atomic mass is 10.1. The van der Waals surface area contributed by atoms with Crippen LogP contribution in [0.2, 0.25) is 0 Å². The molecule has 0 aliphatic carbocycles. The van der Waals surface area contributed by atoms with E-state index in [9.17, 15) is 18.0 Å². The molecule has 0 saturated heterocycles. The molecule has 0 atom stereocenters. The van der Waals surface area contributed by atoms with Crippen molar-refractivity contribution in [2.75, 3.05) is 10.9 Å². The number of furan rings is 1. The van der Waals surface area contributed by atoms with Crippen LogP contribution in [0.15, 0.2) is 63.9 Å². The zero-order valence-electron chi connectivity index (χ0n) is 21.7. The third-order valence-electron chi connectivity index (χ3n) is 6.35. The van der Waals surface area contributed by atoms with Crippen LogP contribution in [0, 0.1) is 34.6 Å². The van der Waals surface area contributed by atoms with Crippen LogP contribution in [0.4, 0.5) is 5.69 Å². The Kier molecular flexibility index (Phi) is 6.97. The zero-order chi connectivity index (χ0) is 27.1. The first kappa shape index (κ1) is 26.2. The van der Waals surface area contributed by atoms with Crippen LogP contribution < -0.4 is 4.31 Å². The first-order chi connectivity index (χ1) is 17.4. The largest absolute Gasteiger partial charge is 0.462 e. The Balaban J connectivity index is 1.98. The van der Waals surface area contributed by atoms with Gasteiger partial charge in [-0.3, -0.25) is 4.79 Å². The summed E-state index contributed by atoms with van der Waals surface area (Å²) >= 11 is 0. The van der Waals surface area contributed by atoms with Gasteiger partial charge in [0.15, 0.2) is 0 Å². The topological polar surface area (TPSA) is 93.9 Å². The molecule has 8 heteroatoms. The number of amides is 1. The van der Waals surface area contributed by atoms with E-state index in [1.807, 2.05) is 20.8 Å². The van der Waals surface area contributed by atoms with Crippen LogP contribution in [0.1, 0.15) is 55.7 Å². The van der Waals surface area contributed by atoms with Gasteiger partial charge in [-0.1, -0.05) is 23.8 Å². The van der Waals surface area contributed by atoms with Crippen LogP contribution in [0.25, 0.3) is 11.0 Å². The fraction of sp³-hybridized carbons (Fsp3) is 0.241. The van der Waals surface area contributed by atoms with Crippen molar-refractivity contribution in [1.82, 2.24) is 0 Å². The lowest BCUT2D eigenvalue weighted by molar-refractivity contribution is 0.0526. The molecule has 0 N–H and O–H groups in total. The molecule has 37 heavy (non-hydrogen) atoms. The van der Waals surface area contributed by atoms with Gasteiger partial charge in [0.2, 0.25) is 0 Å². The Morgan fingerprint density at radius 2 is 1.51 bits per heavy atom. The first-order valence-corrected chi connectivity index (χ1v) is 13.3. The lowest BCUT2D eigenvalue weighted by Crippen LogP contribution is -2.37. The van der Waals surface area contributed by atoms with E-state index < -0.39 is 21.9 Å². The summed E-state index contributed by atoms with van der Waals surface area (Å²) in [4.78, 5) is 26.5. The molecular weight excluding hydrogens is 490 g/mol. The van der Waals surface area contributed by atoms with Gasteiger partial charge in [0.1, 0.15) is 16.9 Å². The maximum atomic E-state index is 14.2. The van der Waals surface area contributed by atoms with E-state index >= 15 is 0 Å². The van der Waals surface area contributed by atoms with Gasteiger partial charge < -0.3 is 9.15 Å². The second-order valence-electron chi connectivity index (χ2n) is 9.08. The molecule has 0 aliphatic heterocycles. The second kappa shape index (κ2) is 9.86. The highest BCUT2D eigenvalue weighted by atomic mass is 32.2. The quantitative estimate of drug-likeness (QED) is 0.282. The number of hydrogen-bond donors (Lipinski definition) is 0. The number of carbonyl (C=O) groups is 2. The molecule has 0 spiro atoms. The number of nitrogens with zero attached hydrogens (tertiary/aromatic N) is 1. The molecule has 0 unspecified atom stereocenters. The number of hydrogen-bond acceptors (Lipinski definition) is 6. The third-order valence-corrected chi connectivity index (χ3v) is 8.21. The van der Waals surface area contributed by atoms with E-state index in [0.29, 0.717) is 22.3 Å². The van der Waals surface area contributed by atoms with Crippen molar-refractivity contribution in [3.63, 3.8) is 0 Å². The summed E-state index contributed by atoms with van der Waals surface area (Å²) in [5, 5.41) is 0.363. The summed E-state index contributed by atoms with van der Waals surface area (Å²) in [6.07, 6.45) is 0. The van der Waals surface area contributed by atoms with Crippen LogP contribution in [0.3, 0.4) is 0 Å². The summed E-state index contributed by atoms with van der Waals surface area (Å²) in [5.74, 6) is -0.954. The normalized spacial score (nSPS) is 11.5. The van der Waals surface area contributed by atoms with Crippen molar-refractivity contribution in [3.05, 3.63) is 93.7 Å². The van der Waals surface area contributed by atoms with E-state index in [1.54, 1.807) is 63.2 Å². The van der Waals surface area contributed by atoms with Gasteiger partial charge in [0, 0.05) is 10.9 Å². The molecule has 0 bridgehead atoms. The average Bonchev–Trinajstić information content (AvgIpc) is 3.17. The smallest absolute Gasteiger partial charge is 0.342 e. The van der Waals surface area contributed by atoms with Gasteiger partial charge in [-0.25, -0.2) is 13.2 Å². The van der Waals surface area contributed by atoms with Gasteiger partial charge >= 0.3 is 5.97 Å². The molecule has 1 amide bonds. The van der Waals surface area contributed by atoms with Gasteiger partial charge in [-0.2, -0.15) is 4.31 Å². The van der Waals surface area contributed by atoms with Gasteiger partial charge in [-0.15, -0.1) is 0 Å². The minimum absolute atomic E-state index is 0.0325. The first-order valence-electron chi connectivity index (χ1n) is 11.9. The molecule has 0 aliphatic rings.